The fourth-order valence-corrected chi connectivity index (χ4v) is 2.68. The van der Waals surface area contributed by atoms with Crippen molar-refractivity contribution < 1.29 is 0 Å². The Morgan fingerprint density at radius 1 is 0.533 bits per heavy atom. The molecule has 3 radical (unpaired) electrons. The van der Waals surface area contributed by atoms with E-state index in [0.29, 0.717) is 0 Å². The van der Waals surface area contributed by atoms with Crippen molar-refractivity contribution in [3.8, 4) is 0 Å². The van der Waals surface area contributed by atoms with Crippen molar-refractivity contribution in [2.45, 2.75) is 88.4 Å². The minimum absolute atomic E-state index is 1.37. The number of rotatable bonds is 12. The Labute approximate surface area is 111 Å². The summed E-state index contributed by atoms with van der Waals surface area (Å²) in [4.78, 5) is 0. The molecule has 0 aliphatic heterocycles. The topological polar surface area (TPSA) is 0 Å². The average Bonchev–Trinajstić information content (AvgIpc) is 2.26. The molecular weight excluding hydrogens is 287 g/mol. The molecule has 0 unspecified atom stereocenters. The SMILES string of the molecule is CCCCCCCCCCCCC[CH2][Sn]. The summed E-state index contributed by atoms with van der Waals surface area (Å²) in [5.41, 5.74) is 0. The summed E-state index contributed by atoms with van der Waals surface area (Å²) in [6.07, 6.45) is 17.7. The fraction of sp³-hybridized carbons (Fsp3) is 1.00. The molecule has 0 aliphatic carbocycles. The Hall–Kier alpha value is 0.799. The van der Waals surface area contributed by atoms with Crippen LogP contribution in [-0.4, -0.2) is 22.5 Å². The summed E-state index contributed by atoms with van der Waals surface area (Å²) >= 11 is 1.72. The molecule has 0 amide bonds. The molecule has 0 aromatic heterocycles. The Morgan fingerprint density at radius 3 is 1.20 bits per heavy atom. The summed E-state index contributed by atoms with van der Waals surface area (Å²) in [6, 6.07) is 0. The maximum atomic E-state index is 2.29. The molecule has 0 nitrogen and oxygen atoms in total. The second-order valence-electron chi connectivity index (χ2n) is 4.64. The molecular formula is C14H29Sn. The Balaban J connectivity index is 2.81. The Morgan fingerprint density at radius 2 is 0.867 bits per heavy atom. The van der Waals surface area contributed by atoms with E-state index >= 15 is 0 Å². The van der Waals surface area contributed by atoms with Crippen LogP contribution in [0.3, 0.4) is 0 Å². The molecule has 0 atom stereocenters. The van der Waals surface area contributed by atoms with Crippen molar-refractivity contribution in [3.05, 3.63) is 0 Å². The van der Waals surface area contributed by atoms with E-state index in [2.05, 4.69) is 6.92 Å². The maximum absolute atomic E-state index is 2.29. The van der Waals surface area contributed by atoms with Gasteiger partial charge in [-0.15, -0.1) is 0 Å². The van der Waals surface area contributed by atoms with E-state index in [1.165, 1.54) is 81.5 Å². The van der Waals surface area contributed by atoms with Gasteiger partial charge in [0.05, 0.1) is 0 Å². The summed E-state index contributed by atoms with van der Waals surface area (Å²) in [7, 11) is 0. The fourth-order valence-electron chi connectivity index (χ4n) is 1.97. The molecule has 1 heteroatoms. The van der Waals surface area contributed by atoms with Gasteiger partial charge >= 0.3 is 97.6 Å². The second-order valence-corrected chi connectivity index (χ2v) is 6.07. The van der Waals surface area contributed by atoms with Gasteiger partial charge in [0.25, 0.3) is 0 Å². The molecule has 0 aromatic rings. The summed E-state index contributed by atoms with van der Waals surface area (Å²) in [5.74, 6) is 0. The van der Waals surface area contributed by atoms with Crippen LogP contribution in [0.15, 0.2) is 0 Å². The van der Waals surface area contributed by atoms with Crippen LogP contribution in [-0.2, 0) is 0 Å². The third kappa shape index (κ3) is 14.8. The van der Waals surface area contributed by atoms with Crippen molar-refractivity contribution in [2.24, 2.45) is 0 Å². The van der Waals surface area contributed by atoms with Crippen LogP contribution in [0.1, 0.15) is 84.0 Å². The van der Waals surface area contributed by atoms with Gasteiger partial charge in [-0.3, -0.25) is 0 Å². The first-order chi connectivity index (χ1) is 7.41. The second kappa shape index (κ2) is 14.8. The van der Waals surface area contributed by atoms with E-state index in [9.17, 15) is 0 Å². The molecule has 0 fully saturated rings. The molecule has 89 valence electrons. The molecule has 0 heterocycles. The number of hydrogen-bond donors (Lipinski definition) is 0. The summed E-state index contributed by atoms with van der Waals surface area (Å²) in [6.45, 7) is 2.29. The van der Waals surface area contributed by atoms with Crippen LogP contribution >= 0.6 is 0 Å². The van der Waals surface area contributed by atoms with Crippen molar-refractivity contribution in [3.63, 3.8) is 0 Å². The van der Waals surface area contributed by atoms with Crippen LogP contribution in [0.25, 0.3) is 0 Å². The van der Waals surface area contributed by atoms with E-state index in [1.54, 1.807) is 22.5 Å². The summed E-state index contributed by atoms with van der Waals surface area (Å²) in [5, 5.41) is 0. The quantitative estimate of drug-likeness (QED) is 0.340. The molecule has 0 rings (SSSR count). The van der Waals surface area contributed by atoms with Gasteiger partial charge in [-0.1, -0.05) is 13.3 Å². The van der Waals surface area contributed by atoms with Gasteiger partial charge in [0.2, 0.25) is 0 Å². The molecule has 0 saturated heterocycles. The summed E-state index contributed by atoms with van der Waals surface area (Å²) < 4.78 is 1.46. The van der Waals surface area contributed by atoms with Gasteiger partial charge in [-0.05, 0) is 0 Å². The zero-order valence-corrected chi connectivity index (χ0v) is 13.5. The monoisotopic (exact) mass is 317 g/mol. The molecule has 0 spiro atoms. The average molecular weight is 316 g/mol. The molecule has 0 aliphatic rings. The van der Waals surface area contributed by atoms with Gasteiger partial charge in [-0.25, -0.2) is 0 Å². The molecule has 0 aromatic carbocycles. The molecule has 15 heavy (non-hydrogen) atoms. The van der Waals surface area contributed by atoms with E-state index < -0.39 is 0 Å². The zero-order valence-electron chi connectivity index (χ0n) is 10.7. The molecule has 0 bridgehead atoms. The number of hydrogen-bond acceptors (Lipinski definition) is 0. The first-order valence-electron chi connectivity index (χ1n) is 7.06. The van der Waals surface area contributed by atoms with Crippen molar-refractivity contribution in [2.75, 3.05) is 0 Å². The van der Waals surface area contributed by atoms with Crippen molar-refractivity contribution in [1.82, 2.24) is 0 Å². The van der Waals surface area contributed by atoms with Crippen LogP contribution < -0.4 is 0 Å². The van der Waals surface area contributed by atoms with Crippen LogP contribution in [0.4, 0.5) is 0 Å². The van der Waals surface area contributed by atoms with E-state index in [-0.39, 0.29) is 0 Å². The van der Waals surface area contributed by atoms with E-state index in [0.717, 1.165) is 0 Å². The van der Waals surface area contributed by atoms with Gasteiger partial charge < -0.3 is 0 Å². The first-order valence-corrected chi connectivity index (χ1v) is 9.08. The van der Waals surface area contributed by atoms with Crippen molar-refractivity contribution >= 4 is 22.5 Å². The van der Waals surface area contributed by atoms with Gasteiger partial charge in [-0.2, -0.15) is 0 Å². The predicted molar refractivity (Wildman–Crippen MR) is 71.6 cm³/mol. The van der Waals surface area contributed by atoms with Gasteiger partial charge in [0.1, 0.15) is 0 Å². The zero-order chi connectivity index (χ0) is 11.2. The van der Waals surface area contributed by atoms with E-state index in [4.69, 9.17) is 0 Å². The van der Waals surface area contributed by atoms with Crippen LogP contribution in [0.5, 0.6) is 0 Å². The predicted octanol–water partition coefficient (Wildman–Crippen LogP) is 5.27. The van der Waals surface area contributed by atoms with Gasteiger partial charge in [0, 0.05) is 0 Å². The Kier molecular flexibility index (Phi) is 15.6. The third-order valence-electron chi connectivity index (χ3n) is 3.03. The van der Waals surface area contributed by atoms with Gasteiger partial charge in [0.15, 0.2) is 0 Å². The van der Waals surface area contributed by atoms with Crippen LogP contribution in [0.2, 0.25) is 4.44 Å². The molecule has 0 N–H and O–H groups in total. The first kappa shape index (κ1) is 15.8. The third-order valence-corrected chi connectivity index (χ3v) is 4.04. The van der Waals surface area contributed by atoms with E-state index in [1.807, 2.05) is 0 Å². The standard InChI is InChI=1S/C14H29.Sn/c1-3-5-7-9-11-13-14-12-10-8-6-4-2;/h1,3-14H2,2H3;. The number of unbranched alkanes of at least 4 members (excludes halogenated alkanes) is 11. The minimum atomic E-state index is 1.37. The Bertz CT molecular complexity index is 89.5. The normalized spacial score (nSPS) is 10.8. The van der Waals surface area contributed by atoms with Crippen LogP contribution in [0, 0.1) is 0 Å². The molecule has 0 saturated carbocycles. The van der Waals surface area contributed by atoms with Crippen molar-refractivity contribution in [1.29, 1.82) is 0 Å².